The number of likely N-dealkylation sites (tertiary alicyclic amines) is 1. The minimum Gasteiger partial charge on any atom is -0.341 e. The van der Waals surface area contributed by atoms with E-state index in [1.54, 1.807) is 0 Å². The maximum atomic E-state index is 11.9. The summed E-state index contributed by atoms with van der Waals surface area (Å²) in [5.74, 6) is 0.294. The zero-order valence-corrected chi connectivity index (χ0v) is 13.0. The summed E-state index contributed by atoms with van der Waals surface area (Å²) in [6.45, 7) is 9.94. The minimum atomic E-state index is 0. The molecule has 2 aliphatic rings. The van der Waals surface area contributed by atoms with E-state index in [1.165, 1.54) is 0 Å². The van der Waals surface area contributed by atoms with Crippen molar-refractivity contribution in [3.63, 3.8) is 0 Å². The van der Waals surface area contributed by atoms with Gasteiger partial charge in [0.15, 0.2) is 0 Å². The first-order valence-corrected chi connectivity index (χ1v) is 6.64. The molecule has 2 fully saturated rings. The maximum absolute atomic E-state index is 11.9. The molecular formula is C13H25Cl2N3O. The first-order chi connectivity index (χ1) is 8.31. The molecule has 6 heteroatoms. The van der Waals surface area contributed by atoms with E-state index >= 15 is 0 Å². The topological polar surface area (TPSA) is 35.6 Å². The third-order valence-electron chi connectivity index (χ3n) is 3.75. The normalized spacial score (nSPS) is 23.4. The second-order valence-corrected chi connectivity index (χ2v) is 4.90. The number of hydrogen-bond donors (Lipinski definition) is 1. The quantitative estimate of drug-likeness (QED) is 0.795. The van der Waals surface area contributed by atoms with Gasteiger partial charge in [-0.1, -0.05) is 6.08 Å². The highest BCUT2D eigenvalue weighted by Gasteiger charge is 2.30. The Morgan fingerprint density at radius 3 is 2.58 bits per heavy atom. The average molecular weight is 310 g/mol. The van der Waals surface area contributed by atoms with Crippen molar-refractivity contribution in [1.29, 1.82) is 0 Å². The molecule has 2 aliphatic heterocycles. The lowest BCUT2D eigenvalue weighted by Gasteiger charge is -2.32. The van der Waals surface area contributed by atoms with Crippen LogP contribution in [0, 0.1) is 0 Å². The zero-order chi connectivity index (χ0) is 12.1. The van der Waals surface area contributed by atoms with Gasteiger partial charge < -0.3 is 10.2 Å². The van der Waals surface area contributed by atoms with Gasteiger partial charge in [-0.05, 0) is 12.8 Å². The minimum absolute atomic E-state index is 0. The fourth-order valence-electron chi connectivity index (χ4n) is 2.70. The van der Waals surface area contributed by atoms with Crippen LogP contribution in [0.3, 0.4) is 0 Å². The van der Waals surface area contributed by atoms with Gasteiger partial charge in [0.05, 0.1) is 0 Å². The first-order valence-electron chi connectivity index (χ1n) is 6.64. The summed E-state index contributed by atoms with van der Waals surface area (Å²) in [5, 5.41) is 3.37. The Kier molecular flexibility index (Phi) is 9.44. The highest BCUT2D eigenvalue weighted by Crippen LogP contribution is 2.17. The zero-order valence-electron chi connectivity index (χ0n) is 11.3. The molecule has 1 amide bonds. The monoisotopic (exact) mass is 309 g/mol. The SMILES string of the molecule is C=CCCC(=O)N1CCC(N2CCNCC2)C1.Cl.Cl. The van der Waals surface area contributed by atoms with Crippen LogP contribution in [0.2, 0.25) is 0 Å². The highest BCUT2D eigenvalue weighted by atomic mass is 35.5. The van der Waals surface area contributed by atoms with Gasteiger partial charge in [-0.15, -0.1) is 31.4 Å². The van der Waals surface area contributed by atoms with Crippen molar-refractivity contribution in [3.05, 3.63) is 12.7 Å². The van der Waals surface area contributed by atoms with Crippen molar-refractivity contribution < 1.29 is 4.79 Å². The Hall–Kier alpha value is -0.290. The maximum Gasteiger partial charge on any atom is 0.222 e. The molecule has 2 saturated heterocycles. The van der Waals surface area contributed by atoms with Crippen molar-refractivity contribution >= 4 is 30.7 Å². The Labute approximate surface area is 128 Å². The second kappa shape index (κ2) is 9.59. The van der Waals surface area contributed by atoms with Crippen molar-refractivity contribution in [1.82, 2.24) is 15.1 Å². The van der Waals surface area contributed by atoms with E-state index < -0.39 is 0 Å². The average Bonchev–Trinajstić information content (AvgIpc) is 2.86. The summed E-state index contributed by atoms with van der Waals surface area (Å²) in [6.07, 6.45) is 4.38. The van der Waals surface area contributed by atoms with Crippen LogP contribution >= 0.6 is 24.8 Å². The number of halogens is 2. The summed E-state index contributed by atoms with van der Waals surface area (Å²) in [4.78, 5) is 16.4. The van der Waals surface area contributed by atoms with E-state index in [4.69, 9.17) is 0 Å². The van der Waals surface area contributed by atoms with E-state index in [9.17, 15) is 4.79 Å². The first kappa shape index (κ1) is 18.7. The molecule has 112 valence electrons. The van der Waals surface area contributed by atoms with E-state index in [1.807, 2.05) is 11.0 Å². The van der Waals surface area contributed by atoms with Gasteiger partial charge in [-0.25, -0.2) is 0 Å². The number of nitrogens with one attached hydrogen (secondary N) is 1. The number of piperazine rings is 1. The molecule has 4 nitrogen and oxygen atoms in total. The summed E-state index contributed by atoms with van der Waals surface area (Å²) in [5.41, 5.74) is 0. The summed E-state index contributed by atoms with van der Waals surface area (Å²) < 4.78 is 0. The molecule has 1 N–H and O–H groups in total. The fourth-order valence-corrected chi connectivity index (χ4v) is 2.70. The fraction of sp³-hybridized carbons (Fsp3) is 0.769. The van der Waals surface area contributed by atoms with Crippen molar-refractivity contribution in [3.8, 4) is 0 Å². The molecule has 2 rings (SSSR count). The highest BCUT2D eigenvalue weighted by molar-refractivity contribution is 5.85. The van der Waals surface area contributed by atoms with Gasteiger partial charge in [0, 0.05) is 51.7 Å². The number of rotatable bonds is 4. The van der Waals surface area contributed by atoms with Gasteiger partial charge in [0.1, 0.15) is 0 Å². The summed E-state index contributed by atoms with van der Waals surface area (Å²) in [6, 6.07) is 0.588. The van der Waals surface area contributed by atoms with Crippen LogP contribution in [0.15, 0.2) is 12.7 Å². The molecule has 0 aromatic carbocycles. The predicted octanol–water partition coefficient (Wildman–Crippen LogP) is 1.30. The number of nitrogens with zero attached hydrogens (tertiary/aromatic N) is 2. The standard InChI is InChI=1S/C13H23N3O.2ClH/c1-2-3-4-13(17)16-8-5-12(11-16)15-9-6-14-7-10-15;;/h2,12,14H,1,3-11H2;2*1H. The van der Waals surface area contributed by atoms with Crippen molar-refractivity contribution in [2.24, 2.45) is 0 Å². The Morgan fingerprint density at radius 1 is 1.26 bits per heavy atom. The molecule has 0 bridgehead atoms. The molecule has 0 aromatic heterocycles. The van der Waals surface area contributed by atoms with E-state index in [0.717, 1.165) is 52.1 Å². The third-order valence-corrected chi connectivity index (χ3v) is 3.75. The smallest absolute Gasteiger partial charge is 0.222 e. The van der Waals surface area contributed by atoms with Crippen LogP contribution in [0.5, 0.6) is 0 Å². The van der Waals surface area contributed by atoms with Gasteiger partial charge in [0.2, 0.25) is 5.91 Å². The van der Waals surface area contributed by atoms with Gasteiger partial charge in [-0.2, -0.15) is 0 Å². The third kappa shape index (κ3) is 5.30. The number of carbonyl (C=O) groups is 1. The van der Waals surface area contributed by atoms with Crippen LogP contribution in [-0.2, 0) is 4.79 Å². The van der Waals surface area contributed by atoms with E-state index in [-0.39, 0.29) is 24.8 Å². The molecular weight excluding hydrogens is 285 g/mol. The molecule has 0 spiro atoms. The summed E-state index contributed by atoms with van der Waals surface area (Å²) in [7, 11) is 0. The molecule has 0 saturated carbocycles. The molecule has 0 radical (unpaired) electrons. The Balaban J connectivity index is 0.00000162. The van der Waals surface area contributed by atoms with Crippen LogP contribution in [-0.4, -0.2) is 61.0 Å². The Bertz CT molecular complexity index is 283. The van der Waals surface area contributed by atoms with E-state index in [2.05, 4.69) is 16.8 Å². The number of carbonyl (C=O) groups excluding carboxylic acids is 1. The molecule has 2 heterocycles. The van der Waals surface area contributed by atoms with Gasteiger partial charge >= 0.3 is 0 Å². The molecule has 19 heavy (non-hydrogen) atoms. The van der Waals surface area contributed by atoms with Crippen molar-refractivity contribution in [2.45, 2.75) is 25.3 Å². The van der Waals surface area contributed by atoms with Crippen LogP contribution < -0.4 is 5.32 Å². The van der Waals surface area contributed by atoms with Crippen LogP contribution in [0.1, 0.15) is 19.3 Å². The lowest BCUT2D eigenvalue weighted by atomic mass is 10.2. The van der Waals surface area contributed by atoms with Crippen LogP contribution in [0.4, 0.5) is 0 Å². The number of allylic oxidation sites excluding steroid dienone is 1. The van der Waals surface area contributed by atoms with Gasteiger partial charge in [-0.3, -0.25) is 9.69 Å². The molecule has 1 unspecified atom stereocenters. The lowest BCUT2D eigenvalue weighted by molar-refractivity contribution is -0.130. The molecule has 0 aliphatic carbocycles. The van der Waals surface area contributed by atoms with Gasteiger partial charge in [0.25, 0.3) is 0 Å². The number of amides is 1. The predicted molar refractivity (Wildman–Crippen MR) is 83.4 cm³/mol. The number of hydrogen-bond acceptors (Lipinski definition) is 3. The van der Waals surface area contributed by atoms with E-state index in [0.29, 0.717) is 18.4 Å². The largest absolute Gasteiger partial charge is 0.341 e. The van der Waals surface area contributed by atoms with Crippen LogP contribution in [0.25, 0.3) is 0 Å². The molecule has 0 aromatic rings. The second-order valence-electron chi connectivity index (χ2n) is 4.90. The lowest BCUT2D eigenvalue weighted by Crippen LogP contribution is -2.49. The Morgan fingerprint density at radius 2 is 1.95 bits per heavy atom. The van der Waals surface area contributed by atoms with Crippen molar-refractivity contribution in [2.75, 3.05) is 39.3 Å². The molecule has 1 atom stereocenters. The summed E-state index contributed by atoms with van der Waals surface area (Å²) >= 11 is 0.